The summed E-state index contributed by atoms with van der Waals surface area (Å²) in [5, 5.41) is 2.68. The molecule has 1 heterocycles. The molecule has 0 fully saturated rings. The zero-order chi connectivity index (χ0) is 26.4. The Bertz CT molecular complexity index is 1280. The second-order valence-electron chi connectivity index (χ2n) is 10.1. The highest BCUT2D eigenvalue weighted by atomic mass is 127. The van der Waals surface area contributed by atoms with E-state index >= 15 is 0 Å². The van der Waals surface area contributed by atoms with Crippen molar-refractivity contribution < 1.29 is 8.42 Å². The maximum Gasteiger partial charge on any atom is 0.240 e. The highest BCUT2D eigenvalue weighted by Crippen LogP contribution is 2.31. The molecule has 202 valence electrons. The summed E-state index contributed by atoms with van der Waals surface area (Å²) in [5.41, 5.74) is 7.16. The summed E-state index contributed by atoms with van der Waals surface area (Å²) < 4.78 is 29.7. The van der Waals surface area contributed by atoms with Gasteiger partial charge in [-0.15, -0.1) is 11.3 Å². The van der Waals surface area contributed by atoms with Crippen LogP contribution in [0.25, 0.3) is 10.8 Å². The Balaban J connectivity index is 1.28. The Morgan fingerprint density at radius 1 is 1.14 bits per heavy atom. The quantitative estimate of drug-likeness (QED) is 0.170. The number of anilines is 1. The van der Waals surface area contributed by atoms with Crippen molar-refractivity contribution in [3.8, 4) is 0 Å². The number of aryl methyl sites for hydroxylation is 1. The van der Waals surface area contributed by atoms with Gasteiger partial charge in [0, 0.05) is 20.9 Å². The summed E-state index contributed by atoms with van der Waals surface area (Å²) >= 11 is 4.21. The van der Waals surface area contributed by atoms with Gasteiger partial charge in [0.05, 0.1) is 10.6 Å². The third-order valence-corrected chi connectivity index (χ3v) is 11.1. The van der Waals surface area contributed by atoms with Crippen LogP contribution in [0.5, 0.6) is 0 Å². The van der Waals surface area contributed by atoms with Crippen molar-refractivity contribution in [2.24, 2.45) is 0 Å². The van der Waals surface area contributed by atoms with Gasteiger partial charge in [-0.2, -0.15) is 0 Å². The maximum absolute atomic E-state index is 13.1. The van der Waals surface area contributed by atoms with Gasteiger partial charge in [-0.3, -0.25) is 4.90 Å². The fourth-order valence-electron chi connectivity index (χ4n) is 5.25. The van der Waals surface area contributed by atoms with Gasteiger partial charge < -0.3 is 5.73 Å². The molecule has 1 unspecified atom stereocenters. The average molecular weight is 655 g/mol. The van der Waals surface area contributed by atoms with Gasteiger partial charge in [0.1, 0.15) is 0 Å². The third-order valence-electron chi connectivity index (χ3n) is 7.36. The van der Waals surface area contributed by atoms with Gasteiger partial charge in [-0.05, 0) is 87.4 Å². The Kier molecular flexibility index (Phi) is 10.2. The van der Waals surface area contributed by atoms with E-state index < -0.39 is 10.0 Å². The number of nitrogens with one attached hydrogen (secondary N) is 1. The topological polar surface area (TPSA) is 88.3 Å². The molecular formula is C28H39IN4O2S2. The molecule has 3 atom stereocenters. The predicted octanol–water partition coefficient (Wildman–Crippen LogP) is 6.18. The molecule has 0 aliphatic heterocycles. The zero-order valence-electron chi connectivity index (χ0n) is 21.8. The minimum atomic E-state index is -3.55. The number of nitrogen functional groups attached to an aromatic ring is 1. The second-order valence-corrected chi connectivity index (χ2v) is 14.6. The number of hydrogen-bond acceptors (Lipinski definition) is 6. The van der Waals surface area contributed by atoms with E-state index in [4.69, 9.17) is 5.73 Å². The third kappa shape index (κ3) is 7.65. The van der Waals surface area contributed by atoms with Gasteiger partial charge in [0.25, 0.3) is 0 Å². The highest BCUT2D eigenvalue weighted by molar-refractivity contribution is 14.1. The molecule has 0 radical (unpaired) electrons. The zero-order valence-corrected chi connectivity index (χ0v) is 25.6. The fourth-order valence-corrected chi connectivity index (χ4v) is 8.23. The molecule has 9 heteroatoms. The monoisotopic (exact) mass is 654 g/mol. The largest absolute Gasteiger partial charge is 0.375 e. The Labute approximate surface area is 239 Å². The van der Waals surface area contributed by atoms with Crippen LogP contribution < -0.4 is 10.5 Å². The van der Waals surface area contributed by atoms with E-state index in [1.54, 1.807) is 23.5 Å². The summed E-state index contributed by atoms with van der Waals surface area (Å²) in [6, 6.07) is 13.7. The number of nitrogens with zero attached hydrogens (tertiary/aromatic N) is 2. The lowest BCUT2D eigenvalue weighted by Crippen LogP contribution is -2.41. The van der Waals surface area contributed by atoms with E-state index in [1.165, 1.54) is 10.6 Å². The molecule has 6 nitrogen and oxygen atoms in total. The van der Waals surface area contributed by atoms with Crippen molar-refractivity contribution in [2.75, 3.05) is 18.8 Å². The Morgan fingerprint density at radius 3 is 2.68 bits per heavy atom. The summed E-state index contributed by atoms with van der Waals surface area (Å²) in [7, 11) is -3.55. The molecule has 1 aliphatic carbocycles. The first-order valence-electron chi connectivity index (χ1n) is 13.4. The number of fused-ring (bicyclic) bond motifs is 2. The molecule has 0 saturated heterocycles. The van der Waals surface area contributed by atoms with E-state index in [1.807, 2.05) is 30.3 Å². The molecule has 0 saturated carbocycles. The Morgan fingerprint density at radius 2 is 1.92 bits per heavy atom. The number of hydrogen-bond donors (Lipinski definition) is 2. The first-order valence-corrected chi connectivity index (χ1v) is 17.0. The van der Waals surface area contributed by atoms with E-state index in [-0.39, 0.29) is 6.04 Å². The SMILES string of the molecule is CCCN(CCC(I)CC[C@H](CC)NS(=O)(=O)c1ccc2ccccc2c1)[C@H]1CCc2nc(N)sc2C1. The molecule has 1 aromatic heterocycles. The smallest absolute Gasteiger partial charge is 0.240 e. The standard InChI is InChI=1S/C28H39IN4O2S2/c1-3-16-33(24-12-14-26-27(19-24)36-28(30)31-26)17-15-22(29)10-11-23(4-2)32-37(34,35)25-13-9-20-7-5-6-8-21(20)18-25/h5-9,13,18,22-24,32H,3-4,10-12,14-17,19H2,1-2H3,(H2,30,31)/t22?,23-,24-/m0/s1. The fraction of sp³-hybridized carbons (Fsp3) is 0.536. The molecule has 0 bridgehead atoms. The van der Waals surface area contributed by atoms with Crippen LogP contribution in [0.2, 0.25) is 0 Å². The minimum absolute atomic E-state index is 0.0611. The van der Waals surface area contributed by atoms with Crippen LogP contribution in [0.15, 0.2) is 47.4 Å². The van der Waals surface area contributed by atoms with E-state index in [9.17, 15) is 8.42 Å². The average Bonchev–Trinajstić information content (AvgIpc) is 3.27. The molecule has 0 spiro atoms. The molecule has 2 aromatic carbocycles. The van der Waals surface area contributed by atoms with Crippen molar-refractivity contribution in [2.45, 2.75) is 86.1 Å². The van der Waals surface area contributed by atoms with Crippen LogP contribution in [-0.4, -0.2) is 47.4 Å². The number of alkyl halides is 1. The molecule has 4 rings (SSSR count). The second kappa shape index (κ2) is 13.2. The molecule has 37 heavy (non-hydrogen) atoms. The summed E-state index contributed by atoms with van der Waals surface area (Å²) in [4.78, 5) is 8.86. The van der Waals surface area contributed by atoms with Crippen LogP contribution in [0.1, 0.15) is 62.9 Å². The first kappa shape index (κ1) is 28.7. The van der Waals surface area contributed by atoms with E-state index in [0.29, 0.717) is 20.0 Å². The van der Waals surface area contributed by atoms with Crippen molar-refractivity contribution >= 4 is 59.9 Å². The number of benzene rings is 2. The summed E-state index contributed by atoms with van der Waals surface area (Å²) in [6.45, 7) is 6.50. The van der Waals surface area contributed by atoms with Crippen LogP contribution >= 0.6 is 33.9 Å². The predicted molar refractivity (Wildman–Crippen MR) is 164 cm³/mol. The van der Waals surface area contributed by atoms with Gasteiger partial charge in [0.2, 0.25) is 10.0 Å². The van der Waals surface area contributed by atoms with Gasteiger partial charge in [-0.1, -0.05) is 66.8 Å². The Hall–Kier alpha value is -1.27. The lowest BCUT2D eigenvalue weighted by Gasteiger charge is -2.34. The maximum atomic E-state index is 13.1. The van der Waals surface area contributed by atoms with E-state index in [2.05, 4.69) is 51.0 Å². The van der Waals surface area contributed by atoms with Gasteiger partial charge in [-0.25, -0.2) is 18.1 Å². The number of aromatic nitrogens is 1. The molecule has 0 amide bonds. The molecular weight excluding hydrogens is 615 g/mol. The van der Waals surface area contributed by atoms with Crippen molar-refractivity contribution in [1.29, 1.82) is 0 Å². The lowest BCUT2D eigenvalue weighted by atomic mass is 9.95. The number of halogens is 1. The molecule has 3 N–H and O–H groups in total. The molecule has 3 aromatic rings. The molecule has 1 aliphatic rings. The van der Waals surface area contributed by atoms with Gasteiger partial charge in [0.15, 0.2) is 5.13 Å². The van der Waals surface area contributed by atoms with Crippen LogP contribution in [0.3, 0.4) is 0 Å². The van der Waals surface area contributed by atoms with Crippen LogP contribution in [0.4, 0.5) is 5.13 Å². The van der Waals surface area contributed by atoms with Crippen molar-refractivity contribution in [1.82, 2.24) is 14.6 Å². The van der Waals surface area contributed by atoms with Crippen molar-refractivity contribution in [3.63, 3.8) is 0 Å². The van der Waals surface area contributed by atoms with E-state index in [0.717, 1.165) is 75.2 Å². The summed E-state index contributed by atoms with van der Waals surface area (Å²) in [6.07, 6.45) is 8.12. The first-order chi connectivity index (χ1) is 17.8. The van der Waals surface area contributed by atoms with Crippen molar-refractivity contribution in [3.05, 3.63) is 53.0 Å². The van der Waals surface area contributed by atoms with Crippen LogP contribution in [-0.2, 0) is 22.9 Å². The number of sulfonamides is 1. The van der Waals surface area contributed by atoms with Crippen LogP contribution in [0, 0.1) is 0 Å². The number of thiazole rings is 1. The minimum Gasteiger partial charge on any atom is -0.375 e. The van der Waals surface area contributed by atoms with Gasteiger partial charge >= 0.3 is 0 Å². The number of rotatable bonds is 13. The highest BCUT2D eigenvalue weighted by Gasteiger charge is 2.27. The normalized spacial score (nSPS) is 17.7. The number of nitrogens with two attached hydrogens (primary N) is 1. The summed E-state index contributed by atoms with van der Waals surface area (Å²) in [5.74, 6) is 0. The lowest BCUT2D eigenvalue weighted by molar-refractivity contribution is 0.178.